The maximum Gasteiger partial charge on any atom is 0.160 e. The Labute approximate surface area is 252 Å². The third kappa shape index (κ3) is 4.64. The van der Waals surface area contributed by atoms with Crippen molar-refractivity contribution in [2.24, 2.45) is 0 Å². The Morgan fingerprint density at radius 1 is 0.349 bits per heavy atom. The van der Waals surface area contributed by atoms with Crippen molar-refractivity contribution in [2.45, 2.75) is 5.92 Å². The molecule has 2 nitrogen and oxygen atoms in total. The minimum absolute atomic E-state index is 0.263. The summed E-state index contributed by atoms with van der Waals surface area (Å²) in [4.78, 5) is 9.91. The van der Waals surface area contributed by atoms with Gasteiger partial charge in [0.05, 0.1) is 11.4 Å². The third-order valence-electron chi connectivity index (χ3n) is 8.42. The highest BCUT2D eigenvalue weighted by atomic mass is 14.9. The highest BCUT2D eigenvalue weighted by molar-refractivity contribution is 5.81. The molecule has 0 saturated heterocycles. The van der Waals surface area contributed by atoms with Crippen LogP contribution >= 0.6 is 0 Å². The lowest BCUT2D eigenvalue weighted by atomic mass is 9.88. The first-order valence-electron chi connectivity index (χ1n) is 14.7. The predicted molar refractivity (Wildman–Crippen MR) is 177 cm³/mol. The zero-order valence-corrected chi connectivity index (χ0v) is 23.6. The van der Waals surface area contributed by atoms with Gasteiger partial charge < -0.3 is 0 Å². The molecule has 0 unspecified atom stereocenters. The molecule has 0 radical (unpaired) electrons. The molecule has 1 heterocycles. The smallest absolute Gasteiger partial charge is 0.160 e. The Bertz CT molecular complexity index is 1940. The molecule has 0 fully saturated rings. The number of hydrogen-bond acceptors (Lipinski definition) is 2. The van der Waals surface area contributed by atoms with E-state index in [1.54, 1.807) is 0 Å². The molecule has 0 spiro atoms. The lowest BCUT2D eigenvalue weighted by Gasteiger charge is -2.15. The van der Waals surface area contributed by atoms with E-state index in [-0.39, 0.29) is 5.92 Å². The van der Waals surface area contributed by atoms with Gasteiger partial charge in [-0.25, -0.2) is 9.97 Å². The molecule has 6 aromatic carbocycles. The standard InChI is InChI=1S/C41H28N2/c1-3-11-30(12-4-1)38-27-39(43-41(42-38)33-13-5-2-6-14-33)31-23-19-28(20-24-31)29-21-25-32(26-22-29)40-36-17-9-7-15-34(36)35-16-8-10-18-37(35)40/h1-27,40H. The summed E-state index contributed by atoms with van der Waals surface area (Å²) in [6, 6.07) is 58.0. The van der Waals surface area contributed by atoms with Crippen LogP contribution in [0.4, 0.5) is 0 Å². The molecule has 0 amide bonds. The topological polar surface area (TPSA) is 25.8 Å². The van der Waals surface area contributed by atoms with E-state index >= 15 is 0 Å². The average Bonchev–Trinajstić information content (AvgIpc) is 3.43. The second-order valence-corrected chi connectivity index (χ2v) is 11.0. The van der Waals surface area contributed by atoms with Crippen molar-refractivity contribution in [1.82, 2.24) is 9.97 Å². The van der Waals surface area contributed by atoms with E-state index in [0.29, 0.717) is 0 Å². The second kappa shape index (κ2) is 10.7. The average molecular weight is 549 g/mol. The van der Waals surface area contributed by atoms with E-state index in [0.717, 1.165) is 33.9 Å². The molecule has 1 aliphatic rings. The predicted octanol–water partition coefficient (Wildman–Crippen LogP) is 10.3. The summed E-state index contributed by atoms with van der Waals surface area (Å²) in [7, 11) is 0. The van der Waals surface area contributed by atoms with Gasteiger partial charge in [-0.05, 0) is 45.0 Å². The van der Waals surface area contributed by atoms with Gasteiger partial charge in [-0.1, -0.05) is 158 Å². The van der Waals surface area contributed by atoms with Gasteiger partial charge in [-0.3, -0.25) is 0 Å². The van der Waals surface area contributed by atoms with E-state index in [1.165, 1.54) is 38.9 Å². The Balaban J connectivity index is 1.12. The van der Waals surface area contributed by atoms with Crippen molar-refractivity contribution >= 4 is 0 Å². The zero-order valence-electron chi connectivity index (χ0n) is 23.6. The van der Waals surface area contributed by atoms with Crippen molar-refractivity contribution in [3.63, 3.8) is 0 Å². The lowest BCUT2D eigenvalue weighted by molar-refractivity contribution is 1.02. The van der Waals surface area contributed by atoms with Crippen LogP contribution < -0.4 is 0 Å². The van der Waals surface area contributed by atoms with Crippen LogP contribution in [0.25, 0.3) is 56.2 Å². The maximum atomic E-state index is 4.98. The molecule has 202 valence electrons. The second-order valence-electron chi connectivity index (χ2n) is 11.0. The Hall–Kier alpha value is -5.60. The molecule has 0 bridgehead atoms. The van der Waals surface area contributed by atoms with Crippen molar-refractivity contribution in [1.29, 1.82) is 0 Å². The van der Waals surface area contributed by atoms with E-state index in [2.05, 4.69) is 127 Å². The number of rotatable bonds is 5. The van der Waals surface area contributed by atoms with E-state index < -0.39 is 0 Å². The molecule has 1 aromatic heterocycles. The van der Waals surface area contributed by atoms with Crippen molar-refractivity contribution < 1.29 is 0 Å². The zero-order chi connectivity index (χ0) is 28.6. The largest absolute Gasteiger partial charge is 0.228 e. The van der Waals surface area contributed by atoms with Gasteiger partial charge in [0, 0.05) is 22.6 Å². The summed E-state index contributed by atoms with van der Waals surface area (Å²) in [6.45, 7) is 0. The molecular formula is C41H28N2. The fourth-order valence-corrected chi connectivity index (χ4v) is 6.28. The summed E-state index contributed by atoms with van der Waals surface area (Å²) in [6.07, 6.45) is 0. The SMILES string of the molecule is c1ccc(-c2cc(-c3ccc(-c4ccc(C5c6ccccc6-c6ccccc65)cc4)cc3)nc(-c3ccccc3)n2)cc1. The number of hydrogen-bond donors (Lipinski definition) is 0. The van der Waals surface area contributed by atoms with E-state index in [9.17, 15) is 0 Å². The van der Waals surface area contributed by atoms with Gasteiger partial charge in [0.25, 0.3) is 0 Å². The highest BCUT2D eigenvalue weighted by Crippen LogP contribution is 2.47. The fraction of sp³-hybridized carbons (Fsp3) is 0.0244. The van der Waals surface area contributed by atoms with Crippen LogP contribution in [-0.2, 0) is 0 Å². The number of fused-ring (bicyclic) bond motifs is 3. The van der Waals surface area contributed by atoms with Gasteiger partial charge in [-0.2, -0.15) is 0 Å². The number of aromatic nitrogens is 2. The van der Waals surface area contributed by atoms with Crippen LogP contribution in [-0.4, -0.2) is 9.97 Å². The van der Waals surface area contributed by atoms with Gasteiger partial charge in [0.1, 0.15) is 0 Å². The quantitative estimate of drug-likeness (QED) is 0.214. The highest BCUT2D eigenvalue weighted by Gasteiger charge is 2.29. The van der Waals surface area contributed by atoms with Crippen LogP contribution in [0.2, 0.25) is 0 Å². The Morgan fingerprint density at radius 2 is 0.767 bits per heavy atom. The molecule has 7 aromatic rings. The van der Waals surface area contributed by atoms with Crippen LogP contribution in [0, 0.1) is 0 Å². The molecule has 0 atom stereocenters. The van der Waals surface area contributed by atoms with Crippen molar-refractivity contribution in [3.8, 4) is 56.2 Å². The summed E-state index contributed by atoms with van der Waals surface area (Å²) in [5, 5.41) is 0. The summed E-state index contributed by atoms with van der Waals surface area (Å²) < 4.78 is 0. The normalized spacial score (nSPS) is 12.1. The van der Waals surface area contributed by atoms with Crippen molar-refractivity contribution in [3.05, 3.63) is 180 Å². The molecule has 2 heteroatoms. The van der Waals surface area contributed by atoms with Crippen LogP contribution in [0.15, 0.2) is 164 Å². The summed E-state index contributed by atoms with van der Waals surface area (Å²) in [5.74, 6) is 0.992. The van der Waals surface area contributed by atoms with Gasteiger partial charge in [-0.15, -0.1) is 0 Å². The Morgan fingerprint density at radius 3 is 1.33 bits per heavy atom. The molecule has 0 saturated carbocycles. The Kier molecular flexibility index (Phi) is 6.23. The van der Waals surface area contributed by atoms with Crippen LogP contribution in [0.5, 0.6) is 0 Å². The lowest BCUT2D eigenvalue weighted by Crippen LogP contribution is -1.98. The molecule has 1 aliphatic carbocycles. The fourth-order valence-electron chi connectivity index (χ4n) is 6.28. The van der Waals surface area contributed by atoms with E-state index in [4.69, 9.17) is 9.97 Å². The van der Waals surface area contributed by atoms with Crippen molar-refractivity contribution in [2.75, 3.05) is 0 Å². The molecule has 0 aliphatic heterocycles. The number of benzene rings is 6. The van der Waals surface area contributed by atoms with Crippen LogP contribution in [0.1, 0.15) is 22.6 Å². The molecule has 8 rings (SSSR count). The molecule has 43 heavy (non-hydrogen) atoms. The third-order valence-corrected chi connectivity index (χ3v) is 8.42. The first kappa shape index (κ1) is 25.1. The molecule has 0 N–H and O–H groups in total. The molecular weight excluding hydrogens is 520 g/mol. The number of nitrogens with zero attached hydrogens (tertiary/aromatic N) is 2. The van der Waals surface area contributed by atoms with Gasteiger partial charge >= 0.3 is 0 Å². The van der Waals surface area contributed by atoms with Gasteiger partial charge in [0.15, 0.2) is 5.82 Å². The maximum absolute atomic E-state index is 4.98. The summed E-state index contributed by atoms with van der Waals surface area (Å²) in [5.41, 5.74) is 14.1. The minimum Gasteiger partial charge on any atom is -0.228 e. The minimum atomic E-state index is 0.263. The summed E-state index contributed by atoms with van der Waals surface area (Å²) >= 11 is 0. The van der Waals surface area contributed by atoms with E-state index in [1.807, 2.05) is 36.4 Å². The first-order valence-corrected chi connectivity index (χ1v) is 14.7. The van der Waals surface area contributed by atoms with Gasteiger partial charge in [0.2, 0.25) is 0 Å². The first-order chi connectivity index (χ1) is 21.3. The monoisotopic (exact) mass is 548 g/mol. The van der Waals surface area contributed by atoms with Crippen LogP contribution in [0.3, 0.4) is 0 Å².